The fraction of sp³-hybridized carbons (Fsp3) is 0.833. The molecule has 0 spiro atoms. The van der Waals surface area contributed by atoms with E-state index in [0.29, 0.717) is 13.1 Å². The molecule has 0 aromatic rings. The minimum Gasteiger partial charge on any atom is -0.231 e. The Kier molecular flexibility index (Phi) is 2.24. The number of carbonyl (C=O) groups excluding carboxylic acids is 1. The number of hydroxylamine groups is 4. The Balaban J connectivity index is 2.39. The predicted octanol–water partition coefficient (Wildman–Crippen LogP) is 0.375. The molecule has 1 aliphatic heterocycles. The highest BCUT2D eigenvalue weighted by Gasteiger charge is 2.31. The van der Waals surface area contributed by atoms with Gasteiger partial charge in [-0.25, -0.2) is 9.63 Å². The second kappa shape index (κ2) is 2.98. The molecule has 1 fully saturated rings. The topological polar surface area (TPSA) is 46.5 Å². The predicted molar refractivity (Wildman–Crippen MR) is 32.4 cm³/mol. The standard InChI is InChI=1S/C6H11NO3/c8-6-10-7(9)4-2-1-3-5-7/h9H,1-5H2/q+1. The van der Waals surface area contributed by atoms with E-state index in [2.05, 4.69) is 4.84 Å². The average molecular weight is 145 g/mol. The van der Waals surface area contributed by atoms with E-state index in [-0.39, 0.29) is 0 Å². The zero-order valence-electron chi connectivity index (χ0n) is 5.75. The average Bonchev–Trinajstić information content (AvgIpc) is 1.89. The molecule has 1 radical (unpaired) electrons. The van der Waals surface area contributed by atoms with Crippen molar-refractivity contribution in [3.63, 3.8) is 0 Å². The quantitative estimate of drug-likeness (QED) is 0.571. The van der Waals surface area contributed by atoms with Crippen LogP contribution in [0.25, 0.3) is 0 Å². The van der Waals surface area contributed by atoms with Gasteiger partial charge >= 0.3 is 6.47 Å². The number of nitrogens with zero attached hydrogens (tertiary/aromatic N) is 1. The van der Waals surface area contributed by atoms with E-state index in [1.807, 2.05) is 0 Å². The fourth-order valence-electron chi connectivity index (χ4n) is 1.17. The van der Waals surface area contributed by atoms with Gasteiger partial charge in [0, 0.05) is 17.7 Å². The number of hydrogen-bond donors (Lipinski definition) is 1. The van der Waals surface area contributed by atoms with Crippen LogP contribution in [-0.2, 0) is 9.63 Å². The van der Waals surface area contributed by atoms with E-state index < -0.39 is 4.81 Å². The monoisotopic (exact) mass is 145 g/mol. The molecular formula is C6H11NO3+. The van der Waals surface area contributed by atoms with Crippen LogP contribution >= 0.6 is 0 Å². The van der Waals surface area contributed by atoms with Crippen LogP contribution in [0.2, 0.25) is 0 Å². The Morgan fingerprint density at radius 2 is 1.90 bits per heavy atom. The van der Waals surface area contributed by atoms with Crippen LogP contribution in [0.15, 0.2) is 0 Å². The number of piperidine rings is 1. The Labute approximate surface area is 59.5 Å². The van der Waals surface area contributed by atoms with Gasteiger partial charge in [-0.2, -0.15) is 5.21 Å². The molecule has 0 saturated carbocycles. The lowest BCUT2D eigenvalue weighted by Gasteiger charge is -2.27. The van der Waals surface area contributed by atoms with Gasteiger partial charge in [-0.1, -0.05) is 0 Å². The molecule has 0 aliphatic carbocycles. The van der Waals surface area contributed by atoms with Gasteiger partial charge in [0.1, 0.15) is 0 Å². The molecule has 0 atom stereocenters. The van der Waals surface area contributed by atoms with Gasteiger partial charge in [0.15, 0.2) is 13.1 Å². The van der Waals surface area contributed by atoms with Gasteiger partial charge in [0.05, 0.1) is 0 Å². The highest BCUT2D eigenvalue weighted by molar-refractivity contribution is 5.36. The Hall–Kier alpha value is -0.610. The summed E-state index contributed by atoms with van der Waals surface area (Å²) in [6, 6.07) is 0. The van der Waals surface area contributed by atoms with Gasteiger partial charge in [0.25, 0.3) is 0 Å². The van der Waals surface area contributed by atoms with Crippen LogP contribution in [-0.4, -0.2) is 29.6 Å². The van der Waals surface area contributed by atoms with Crippen molar-refractivity contribution in [2.24, 2.45) is 0 Å². The molecule has 4 heteroatoms. The molecule has 0 bridgehead atoms. The van der Waals surface area contributed by atoms with Crippen LogP contribution in [0.1, 0.15) is 19.3 Å². The van der Waals surface area contributed by atoms with Crippen LogP contribution in [0.3, 0.4) is 0 Å². The minimum atomic E-state index is -0.580. The van der Waals surface area contributed by atoms with E-state index >= 15 is 0 Å². The van der Waals surface area contributed by atoms with E-state index in [1.54, 1.807) is 0 Å². The summed E-state index contributed by atoms with van der Waals surface area (Å²) in [6.45, 7) is 2.24. The van der Waals surface area contributed by atoms with Crippen LogP contribution in [0, 0.1) is 0 Å². The van der Waals surface area contributed by atoms with Crippen molar-refractivity contribution < 1.29 is 19.6 Å². The van der Waals surface area contributed by atoms with Gasteiger partial charge in [-0.05, 0) is 6.42 Å². The zero-order chi connectivity index (χ0) is 7.45. The van der Waals surface area contributed by atoms with Crippen molar-refractivity contribution >= 4 is 6.47 Å². The molecule has 0 aromatic carbocycles. The fourth-order valence-corrected chi connectivity index (χ4v) is 1.17. The van der Waals surface area contributed by atoms with Gasteiger partial charge in [0.2, 0.25) is 0 Å². The summed E-state index contributed by atoms with van der Waals surface area (Å²) >= 11 is 0. The number of rotatable bonds is 2. The summed E-state index contributed by atoms with van der Waals surface area (Å²) in [7, 11) is 0. The molecule has 1 N–H and O–H groups in total. The number of hydrogen-bond acceptors (Lipinski definition) is 3. The number of quaternary nitrogens is 1. The van der Waals surface area contributed by atoms with E-state index in [9.17, 15) is 10.0 Å². The van der Waals surface area contributed by atoms with E-state index in [0.717, 1.165) is 19.3 Å². The Bertz CT molecular complexity index is 120. The summed E-state index contributed by atoms with van der Waals surface area (Å²) in [5.74, 6) is 0. The second-order valence-electron chi connectivity index (χ2n) is 2.53. The summed E-state index contributed by atoms with van der Waals surface area (Å²) in [4.78, 5) is 13.5. The first kappa shape index (κ1) is 7.50. The molecule has 57 valence electrons. The highest BCUT2D eigenvalue weighted by Crippen LogP contribution is 2.14. The molecule has 10 heavy (non-hydrogen) atoms. The molecular weight excluding hydrogens is 134 g/mol. The first-order valence-corrected chi connectivity index (χ1v) is 3.42. The van der Waals surface area contributed by atoms with Gasteiger partial charge in [-0.15, -0.1) is 0 Å². The lowest BCUT2D eigenvalue weighted by atomic mass is 10.2. The maximum absolute atomic E-state index is 9.76. The third-order valence-electron chi connectivity index (χ3n) is 1.72. The molecule has 1 saturated heterocycles. The Morgan fingerprint density at radius 3 is 2.40 bits per heavy atom. The van der Waals surface area contributed by atoms with Crippen LogP contribution in [0.4, 0.5) is 0 Å². The smallest absolute Gasteiger partial charge is 0.231 e. The van der Waals surface area contributed by atoms with Crippen molar-refractivity contribution in [1.29, 1.82) is 0 Å². The highest BCUT2D eigenvalue weighted by atomic mass is 16.9. The SMILES string of the molecule is O=[C]O[N+]1(O)CCCCC1. The van der Waals surface area contributed by atoms with Crippen LogP contribution < -0.4 is 0 Å². The molecule has 1 heterocycles. The lowest BCUT2D eigenvalue weighted by molar-refractivity contribution is -1.23. The van der Waals surface area contributed by atoms with E-state index in [4.69, 9.17) is 0 Å². The van der Waals surface area contributed by atoms with Crippen molar-refractivity contribution in [1.82, 2.24) is 0 Å². The van der Waals surface area contributed by atoms with Crippen LogP contribution in [0.5, 0.6) is 0 Å². The minimum absolute atomic E-state index is 0.495. The zero-order valence-corrected chi connectivity index (χ0v) is 5.75. The lowest BCUT2D eigenvalue weighted by Crippen LogP contribution is -2.47. The first-order valence-electron chi connectivity index (χ1n) is 3.42. The second-order valence-corrected chi connectivity index (χ2v) is 2.53. The van der Waals surface area contributed by atoms with Crippen molar-refractivity contribution in [3.05, 3.63) is 0 Å². The molecule has 1 rings (SSSR count). The first-order chi connectivity index (χ1) is 4.77. The summed E-state index contributed by atoms with van der Waals surface area (Å²) in [5.41, 5.74) is 0. The van der Waals surface area contributed by atoms with Crippen molar-refractivity contribution in [3.8, 4) is 0 Å². The molecule has 1 aliphatic rings. The summed E-state index contributed by atoms with van der Waals surface area (Å²) in [6.07, 6.45) is 2.90. The van der Waals surface area contributed by atoms with Gasteiger partial charge in [-0.3, -0.25) is 0 Å². The van der Waals surface area contributed by atoms with Crippen molar-refractivity contribution in [2.75, 3.05) is 13.1 Å². The maximum Gasteiger partial charge on any atom is 0.484 e. The normalized spacial score (nSPS) is 23.7. The molecule has 0 aromatic heterocycles. The molecule has 4 nitrogen and oxygen atoms in total. The maximum atomic E-state index is 9.76. The summed E-state index contributed by atoms with van der Waals surface area (Å²) in [5, 5.41) is 9.32. The molecule has 0 amide bonds. The Morgan fingerprint density at radius 1 is 1.30 bits per heavy atom. The third kappa shape index (κ3) is 1.68. The van der Waals surface area contributed by atoms with Crippen molar-refractivity contribution in [2.45, 2.75) is 19.3 Å². The summed E-state index contributed by atoms with van der Waals surface area (Å²) < 4.78 is 0. The molecule has 0 unspecified atom stereocenters. The van der Waals surface area contributed by atoms with E-state index in [1.165, 1.54) is 6.47 Å². The largest absolute Gasteiger partial charge is 0.484 e. The van der Waals surface area contributed by atoms with Gasteiger partial charge < -0.3 is 0 Å². The third-order valence-corrected chi connectivity index (χ3v) is 1.72.